The van der Waals surface area contributed by atoms with Gasteiger partial charge in [0, 0.05) is 12.8 Å². The van der Waals surface area contributed by atoms with Crippen molar-refractivity contribution in [2.24, 2.45) is 0 Å². The molecule has 57 heavy (non-hydrogen) atoms. The molecule has 0 aliphatic carbocycles. The molecule has 0 bridgehead atoms. The van der Waals surface area contributed by atoms with Crippen LogP contribution in [0.25, 0.3) is 0 Å². The molecule has 322 valence electrons. The summed E-state index contributed by atoms with van der Waals surface area (Å²) < 4.78 is 21.6. The van der Waals surface area contributed by atoms with Crippen molar-refractivity contribution in [1.29, 1.82) is 0 Å². The van der Waals surface area contributed by atoms with Crippen molar-refractivity contribution in [2.45, 2.75) is 173 Å². The smallest absolute Gasteiger partial charge is 0.335 e. The molecule has 1 rings (SSSR count). The van der Waals surface area contributed by atoms with Crippen LogP contribution in [0.1, 0.15) is 136 Å². The predicted octanol–water partition coefficient (Wildman–Crippen LogP) is 8.70. The van der Waals surface area contributed by atoms with Crippen LogP contribution in [-0.4, -0.2) is 88.4 Å². The summed E-state index contributed by atoms with van der Waals surface area (Å²) in [5.74, 6) is -2.58. The average Bonchev–Trinajstić information content (AvgIpc) is 3.19. The van der Waals surface area contributed by atoms with Crippen molar-refractivity contribution in [2.75, 3.05) is 13.2 Å². The molecule has 6 atom stereocenters. The van der Waals surface area contributed by atoms with Crippen molar-refractivity contribution < 1.29 is 53.8 Å². The highest BCUT2D eigenvalue weighted by Gasteiger charge is 2.47. The molecule has 11 heteroatoms. The summed E-state index contributed by atoms with van der Waals surface area (Å²) in [4.78, 5) is 36.7. The molecule has 0 aromatic rings. The maximum atomic E-state index is 12.7. The highest BCUT2D eigenvalue weighted by Crippen LogP contribution is 2.23. The maximum absolute atomic E-state index is 12.7. The summed E-state index contributed by atoms with van der Waals surface area (Å²) in [7, 11) is 0. The molecule has 0 radical (unpaired) electrons. The summed E-state index contributed by atoms with van der Waals surface area (Å²) in [6.07, 6.45) is 36.5. The van der Waals surface area contributed by atoms with E-state index in [-0.39, 0.29) is 19.4 Å². The van der Waals surface area contributed by atoms with Gasteiger partial charge in [-0.1, -0.05) is 131 Å². The van der Waals surface area contributed by atoms with Gasteiger partial charge in [-0.2, -0.15) is 0 Å². The van der Waals surface area contributed by atoms with E-state index in [0.29, 0.717) is 12.8 Å². The first kappa shape index (κ1) is 51.4. The van der Waals surface area contributed by atoms with Crippen LogP contribution in [0, 0.1) is 0 Å². The summed E-state index contributed by atoms with van der Waals surface area (Å²) >= 11 is 0. The van der Waals surface area contributed by atoms with Crippen molar-refractivity contribution >= 4 is 17.9 Å². The van der Waals surface area contributed by atoms with E-state index in [1.807, 2.05) is 12.2 Å². The molecule has 1 fully saturated rings. The van der Waals surface area contributed by atoms with Gasteiger partial charge in [0.25, 0.3) is 0 Å². The number of carbonyl (C=O) groups excluding carboxylic acids is 2. The number of rotatable bonds is 33. The standard InChI is InChI=1S/C46H72O11/c1-3-5-7-9-11-13-15-17-18-19-20-21-22-23-25-26-28-30-32-34-39(47)54-36-38(37-55-46-43(51)41(49)42(50)44(57-46)45(52)53)56-40(48)35-33-31-29-27-24-16-14-12-10-8-6-4-2/h5,7,11-14,17-18,20-21,23,25,28,30,38,41-44,46,49-51H,3-4,6,8-10,15-16,19,22,24,26-27,29,31-37H2,1-2H3,(H,52,53)/b7-5-,13-11-,14-12-,18-17-,21-20-,25-23-,30-28-. The van der Waals surface area contributed by atoms with Crippen LogP contribution in [0.2, 0.25) is 0 Å². The number of allylic oxidation sites excluding steroid dienone is 14. The van der Waals surface area contributed by atoms with Gasteiger partial charge in [0.2, 0.25) is 0 Å². The molecule has 1 heterocycles. The van der Waals surface area contributed by atoms with Crippen LogP contribution in [-0.2, 0) is 33.3 Å². The van der Waals surface area contributed by atoms with Crippen LogP contribution < -0.4 is 0 Å². The lowest BCUT2D eigenvalue weighted by molar-refractivity contribution is -0.298. The number of esters is 2. The summed E-state index contributed by atoms with van der Waals surface area (Å²) in [5.41, 5.74) is 0. The van der Waals surface area contributed by atoms with Crippen molar-refractivity contribution in [3.8, 4) is 0 Å². The van der Waals surface area contributed by atoms with E-state index < -0.39 is 61.3 Å². The Kier molecular flexibility index (Phi) is 32.1. The molecule has 0 saturated carbocycles. The lowest BCUT2D eigenvalue weighted by Crippen LogP contribution is -2.60. The minimum absolute atomic E-state index is 0.104. The topological polar surface area (TPSA) is 169 Å². The van der Waals surface area contributed by atoms with Gasteiger partial charge in [0.05, 0.1) is 6.61 Å². The predicted molar refractivity (Wildman–Crippen MR) is 224 cm³/mol. The van der Waals surface area contributed by atoms with E-state index in [9.17, 15) is 34.8 Å². The second-order valence-corrected chi connectivity index (χ2v) is 14.1. The Bertz CT molecular complexity index is 1260. The number of hydrogen-bond donors (Lipinski definition) is 4. The molecule has 6 unspecified atom stereocenters. The molecule has 1 aliphatic rings. The van der Waals surface area contributed by atoms with Gasteiger partial charge in [-0.25, -0.2) is 4.79 Å². The van der Waals surface area contributed by atoms with Gasteiger partial charge >= 0.3 is 17.9 Å². The van der Waals surface area contributed by atoms with E-state index in [1.165, 1.54) is 19.3 Å². The van der Waals surface area contributed by atoms with Crippen LogP contribution in [0.5, 0.6) is 0 Å². The van der Waals surface area contributed by atoms with E-state index in [4.69, 9.17) is 18.9 Å². The Hall–Kier alpha value is -3.61. The normalized spacial score (nSPS) is 21.0. The number of aliphatic hydroxyl groups is 3. The molecular formula is C46H72O11. The fourth-order valence-electron chi connectivity index (χ4n) is 5.66. The number of ether oxygens (including phenoxy) is 4. The average molecular weight is 801 g/mol. The van der Waals surface area contributed by atoms with E-state index >= 15 is 0 Å². The summed E-state index contributed by atoms with van der Waals surface area (Å²) in [5, 5.41) is 39.7. The lowest BCUT2D eigenvalue weighted by atomic mass is 9.99. The third kappa shape index (κ3) is 27.6. The monoisotopic (exact) mass is 801 g/mol. The third-order valence-corrected chi connectivity index (χ3v) is 8.99. The van der Waals surface area contributed by atoms with Crippen LogP contribution in [0.4, 0.5) is 0 Å². The van der Waals surface area contributed by atoms with Crippen LogP contribution >= 0.6 is 0 Å². The zero-order chi connectivity index (χ0) is 41.8. The fraction of sp³-hybridized carbons (Fsp3) is 0.630. The zero-order valence-electron chi connectivity index (χ0n) is 34.5. The number of carboxylic acid groups (broad SMARTS) is 1. The quantitative estimate of drug-likeness (QED) is 0.0285. The van der Waals surface area contributed by atoms with Crippen LogP contribution in [0.3, 0.4) is 0 Å². The minimum atomic E-state index is -1.87. The number of aliphatic hydroxyl groups excluding tert-OH is 3. The first-order valence-electron chi connectivity index (χ1n) is 21.1. The van der Waals surface area contributed by atoms with Gasteiger partial charge in [-0.3, -0.25) is 9.59 Å². The Morgan fingerprint density at radius 1 is 0.561 bits per heavy atom. The minimum Gasteiger partial charge on any atom is -0.479 e. The number of unbranched alkanes of at least 4 members (excludes halogenated alkanes) is 8. The van der Waals surface area contributed by atoms with Gasteiger partial charge in [-0.05, 0) is 77.0 Å². The molecule has 1 saturated heterocycles. The highest BCUT2D eigenvalue weighted by molar-refractivity contribution is 5.73. The van der Waals surface area contributed by atoms with E-state index in [1.54, 1.807) is 0 Å². The van der Waals surface area contributed by atoms with E-state index in [0.717, 1.165) is 77.0 Å². The zero-order valence-corrected chi connectivity index (χ0v) is 34.5. The highest BCUT2D eigenvalue weighted by atomic mass is 16.7. The maximum Gasteiger partial charge on any atom is 0.335 e. The number of hydrogen-bond acceptors (Lipinski definition) is 10. The third-order valence-electron chi connectivity index (χ3n) is 8.99. The van der Waals surface area contributed by atoms with Gasteiger partial charge in [0.15, 0.2) is 18.5 Å². The van der Waals surface area contributed by atoms with Crippen LogP contribution in [0.15, 0.2) is 85.1 Å². The SMILES string of the molecule is CC/C=C\C/C=C\C/C=C\C/C=C\C/C=C\C/C=C\CCC(=O)OCC(COC1OC(C(=O)O)C(O)C(O)C1O)OC(=O)CCCCCCC/C=C\CCCCC. The molecule has 0 aromatic heterocycles. The first-order chi connectivity index (χ1) is 27.7. The largest absolute Gasteiger partial charge is 0.479 e. The number of carboxylic acids is 1. The molecule has 0 aromatic carbocycles. The number of aliphatic carboxylic acids is 1. The second-order valence-electron chi connectivity index (χ2n) is 14.1. The summed E-state index contributed by atoms with van der Waals surface area (Å²) in [6, 6.07) is 0. The van der Waals surface area contributed by atoms with Crippen molar-refractivity contribution in [1.82, 2.24) is 0 Å². The lowest BCUT2D eigenvalue weighted by Gasteiger charge is -2.38. The molecule has 0 amide bonds. The summed E-state index contributed by atoms with van der Waals surface area (Å²) in [6.45, 7) is 3.57. The van der Waals surface area contributed by atoms with E-state index in [2.05, 4.69) is 86.8 Å². The Balaban J connectivity index is 2.46. The Morgan fingerprint density at radius 2 is 1.07 bits per heavy atom. The van der Waals surface area contributed by atoms with Crippen molar-refractivity contribution in [3.05, 3.63) is 85.1 Å². The first-order valence-corrected chi connectivity index (χ1v) is 21.1. The van der Waals surface area contributed by atoms with Gasteiger partial charge in [-0.15, -0.1) is 0 Å². The van der Waals surface area contributed by atoms with Gasteiger partial charge < -0.3 is 39.4 Å². The molecule has 11 nitrogen and oxygen atoms in total. The molecule has 0 spiro atoms. The molecule has 4 N–H and O–H groups in total. The second kappa shape index (κ2) is 35.5. The molecular weight excluding hydrogens is 728 g/mol. The van der Waals surface area contributed by atoms with Gasteiger partial charge in [0.1, 0.15) is 24.9 Å². The van der Waals surface area contributed by atoms with Crippen molar-refractivity contribution in [3.63, 3.8) is 0 Å². The Morgan fingerprint density at radius 3 is 1.63 bits per heavy atom. The fourth-order valence-corrected chi connectivity index (χ4v) is 5.66. The molecule has 1 aliphatic heterocycles. The number of carbonyl (C=O) groups is 3. The Labute approximate surface area is 341 Å².